The Kier molecular flexibility index (Phi) is 3.24. The van der Waals surface area contributed by atoms with Crippen LogP contribution in [-0.2, 0) is 0 Å². The Labute approximate surface area is 107 Å². The van der Waals surface area contributed by atoms with Crippen LogP contribution < -0.4 is 0 Å². The van der Waals surface area contributed by atoms with E-state index < -0.39 is 0 Å². The van der Waals surface area contributed by atoms with E-state index in [1.54, 1.807) is 12.1 Å². The molecule has 3 nitrogen and oxygen atoms in total. The molecular weight excluding hydrogens is 282 g/mol. The molecule has 0 heterocycles. The SMILES string of the molecule is Cc1cc(Br)ccc1-c1cccc([N+](=O)[O-])c1. The molecule has 0 spiro atoms. The van der Waals surface area contributed by atoms with Gasteiger partial charge in [-0.2, -0.15) is 0 Å². The van der Waals surface area contributed by atoms with Gasteiger partial charge in [-0.15, -0.1) is 0 Å². The van der Waals surface area contributed by atoms with E-state index in [0.29, 0.717) is 0 Å². The van der Waals surface area contributed by atoms with E-state index in [0.717, 1.165) is 21.2 Å². The summed E-state index contributed by atoms with van der Waals surface area (Å²) in [6.07, 6.45) is 0. The molecule has 0 unspecified atom stereocenters. The van der Waals surface area contributed by atoms with Gasteiger partial charge < -0.3 is 0 Å². The largest absolute Gasteiger partial charge is 0.270 e. The normalized spacial score (nSPS) is 10.2. The number of benzene rings is 2. The number of nitrogens with zero attached hydrogens (tertiary/aromatic N) is 1. The van der Waals surface area contributed by atoms with Gasteiger partial charge in [-0.25, -0.2) is 0 Å². The molecule has 2 rings (SSSR count). The minimum atomic E-state index is -0.377. The third-order valence-corrected chi connectivity index (χ3v) is 3.05. The minimum Gasteiger partial charge on any atom is -0.258 e. The topological polar surface area (TPSA) is 43.1 Å². The van der Waals surface area contributed by atoms with Crippen molar-refractivity contribution >= 4 is 21.6 Å². The number of rotatable bonds is 2. The van der Waals surface area contributed by atoms with Crippen LogP contribution in [0.5, 0.6) is 0 Å². The van der Waals surface area contributed by atoms with E-state index in [2.05, 4.69) is 15.9 Å². The van der Waals surface area contributed by atoms with Crippen LogP contribution in [0.2, 0.25) is 0 Å². The lowest BCUT2D eigenvalue weighted by Gasteiger charge is -2.06. The zero-order valence-electron chi connectivity index (χ0n) is 9.18. The third-order valence-electron chi connectivity index (χ3n) is 2.56. The summed E-state index contributed by atoms with van der Waals surface area (Å²) in [5, 5.41) is 10.7. The number of nitro groups is 1. The summed E-state index contributed by atoms with van der Waals surface area (Å²) in [7, 11) is 0. The third kappa shape index (κ3) is 2.53. The number of halogens is 1. The Hall–Kier alpha value is -1.68. The molecule has 0 aliphatic heterocycles. The lowest BCUT2D eigenvalue weighted by Crippen LogP contribution is -1.89. The van der Waals surface area contributed by atoms with Gasteiger partial charge in [-0.3, -0.25) is 10.1 Å². The Morgan fingerprint density at radius 2 is 1.94 bits per heavy atom. The second-order valence-corrected chi connectivity index (χ2v) is 4.68. The van der Waals surface area contributed by atoms with E-state index >= 15 is 0 Å². The van der Waals surface area contributed by atoms with Gasteiger partial charge in [0.2, 0.25) is 0 Å². The van der Waals surface area contributed by atoms with E-state index in [1.165, 1.54) is 6.07 Å². The highest BCUT2D eigenvalue weighted by atomic mass is 79.9. The highest BCUT2D eigenvalue weighted by Crippen LogP contribution is 2.28. The molecule has 2 aromatic rings. The summed E-state index contributed by atoms with van der Waals surface area (Å²) >= 11 is 3.40. The fourth-order valence-electron chi connectivity index (χ4n) is 1.74. The summed E-state index contributed by atoms with van der Waals surface area (Å²) in [4.78, 5) is 10.3. The average Bonchev–Trinajstić information content (AvgIpc) is 2.29. The van der Waals surface area contributed by atoms with Gasteiger partial charge in [0.15, 0.2) is 0 Å². The predicted molar refractivity (Wildman–Crippen MR) is 71.0 cm³/mol. The molecule has 0 aliphatic rings. The molecule has 0 fully saturated rings. The summed E-state index contributed by atoms with van der Waals surface area (Å²) in [6, 6.07) is 12.6. The first-order valence-corrected chi connectivity index (χ1v) is 5.88. The Bertz CT molecular complexity index is 581. The Morgan fingerprint density at radius 1 is 1.18 bits per heavy atom. The van der Waals surface area contributed by atoms with Crippen LogP contribution in [0.25, 0.3) is 11.1 Å². The molecule has 86 valence electrons. The number of non-ortho nitro benzene ring substituents is 1. The minimum absolute atomic E-state index is 0.116. The number of nitro benzene ring substituents is 1. The molecule has 0 atom stereocenters. The van der Waals surface area contributed by atoms with Gasteiger partial charge in [-0.05, 0) is 35.7 Å². The molecule has 2 aromatic carbocycles. The molecule has 0 saturated carbocycles. The summed E-state index contributed by atoms with van der Waals surface area (Å²) in [5.41, 5.74) is 3.07. The van der Waals surface area contributed by atoms with Crippen LogP contribution >= 0.6 is 15.9 Å². The molecule has 0 aliphatic carbocycles. The standard InChI is InChI=1S/C13H10BrNO2/c1-9-7-11(14)5-6-13(9)10-3-2-4-12(8-10)15(16)17/h2-8H,1H3. The average molecular weight is 292 g/mol. The molecule has 0 bridgehead atoms. The van der Waals surface area contributed by atoms with Gasteiger partial charge in [-0.1, -0.05) is 34.1 Å². The van der Waals surface area contributed by atoms with E-state index in [4.69, 9.17) is 0 Å². The van der Waals surface area contributed by atoms with Crippen LogP contribution in [0.15, 0.2) is 46.9 Å². The fourth-order valence-corrected chi connectivity index (χ4v) is 2.21. The van der Waals surface area contributed by atoms with Gasteiger partial charge in [0.1, 0.15) is 0 Å². The molecule has 0 radical (unpaired) electrons. The van der Waals surface area contributed by atoms with Gasteiger partial charge in [0.25, 0.3) is 5.69 Å². The molecule has 0 N–H and O–H groups in total. The molecule has 4 heteroatoms. The summed E-state index contributed by atoms with van der Waals surface area (Å²) < 4.78 is 1.00. The zero-order valence-corrected chi connectivity index (χ0v) is 10.8. The highest BCUT2D eigenvalue weighted by Gasteiger charge is 2.08. The van der Waals surface area contributed by atoms with Crippen molar-refractivity contribution in [2.24, 2.45) is 0 Å². The highest BCUT2D eigenvalue weighted by molar-refractivity contribution is 9.10. The fraction of sp³-hybridized carbons (Fsp3) is 0.0769. The molecular formula is C13H10BrNO2. The summed E-state index contributed by atoms with van der Waals surface area (Å²) in [6.45, 7) is 1.99. The maximum atomic E-state index is 10.7. The first-order chi connectivity index (χ1) is 8.08. The first kappa shape index (κ1) is 11.8. The Morgan fingerprint density at radius 3 is 2.59 bits per heavy atom. The van der Waals surface area contributed by atoms with Crippen molar-refractivity contribution in [3.63, 3.8) is 0 Å². The van der Waals surface area contributed by atoms with E-state index in [-0.39, 0.29) is 10.6 Å². The predicted octanol–water partition coefficient (Wildman–Crippen LogP) is 4.33. The van der Waals surface area contributed by atoms with Crippen LogP contribution in [-0.4, -0.2) is 4.92 Å². The molecule has 0 saturated heterocycles. The van der Waals surface area contributed by atoms with Crippen molar-refractivity contribution in [1.29, 1.82) is 0 Å². The maximum absolute atomic E-state index is 10.7. The van der Waals surface area contributed by atoms with E-state index in [9.17, 15) is 10.1 Å². The molecule has 0 aromatic heterocycles. The number of aryl methyl sites for hydroxylation is 1. The van der Waals surface area contributed by atoms with Crippen molar-refractivity contribution in [3.05, 3.63) is 62.6 Å². The maximum Gasteiger partial charge on any atom is 0.270 e. The Balaban J connectivity index is 2.53. The quantitative estimate of drug-likeness (QED) is 0.610. The smallest absolute Gasteiger partial charge is 0.258 e. The van der Waals surface area contributed by atoms with E-state index in [1.807, 2.05) is 31.2 Å². The molecule has 0 amide bonds. The summed E-state index contributed by atoms with van der Waals surface area (Å²) in [5.74, 6) is 0. The van der Waals surface area contributed by atoms with Crippen molar-refractivity contribution in [2.75, 3.05) is 0 Å². The van der Waals surface area contributed by atoms with Crippen molar-refractivity contribution in [3.8, 4) is 11.1 Å². The number of hydrogen-bond donors (Lipinski definition) is 0. The lowest BCUT2D eigenvalue weighted by atomic mass is 10.0. The van der Waals surface area contributed by atoms with Gasteiger partial charge >= 0.3 is 0 Å². The van der Waals surface area contributed by atoms with Gasteiger partial charge in [0.05, 0.1) is 4.92 Å². The van der Waals surface area contributed by atoms with Crippen LogP contribution in [0.1, 0.15) is 5.56 Å². The second-order valence-electron chi connectivity index (χ2n) is 3.77. The van der Waals surface area contributed by atoms with Crippen LogP contribution in [0, 0.1) is 17.0 Å². The van der Waals surface area contributed by atoms with Crippen LogP contribution in [0.4, 0.5) is 5.69 Å². The first-order valence-electron chi connectivity index (χ1n) is 5.09. The van der Waals surface area contributed by atoms with Gasteiger partial charge in [0, 0.05) is 16.6 Å². The van der Waals surface area contributed by atoms with Crippen molar-refractivity contribution < 1.29 is 4.92 Å². The zero-order chi connectivity index (χ0) is 12.4. The van der Waals surface area contributed by atoms with Crippen LogP contribution in [0.3, 0.4) is 0 Å². The lowest BCUT2D eigenvalue weighted by molar-refractivity contribution is -0.384. The van der Waals surface area contributed by atoms with Crippen molar-refractivity contribution in [2.45, 2.75) is 6.92 Å². The number of hydrogen-bond acceptors (Lipinski definition) is 2. The second kappa shape index (κ2) is 4.67. The molecule has 17 heavy (non-hydrogen) atoms. The van der Waals surface area contributed by atoms with Crippen molar-refractivity contribution in [1.82, 2.24) is 0 Å². The monoisotopic (exact) mass is 291 g/mol.